The molecule has 1 aromatic carbocycles. The number of amides is 1. The van der Waals surface area contributed by atoms with E-state index >= 15 is 0 Å². The lowest BCUT2D eigenvalue weighted by Gasteiger charge is -2.22. The molecule has 3 aromatic heterocycles. The Labute approximate surface area is 179 Å². The van der Waals surface area contributed by atoms with Crippen molar-refractivity contribution in [2.45, 2.75) is 31.6 Å². The number of aryl methyl sites for hydroxylation is 1. The first-order valence-corrected chi connectivity index (χ1v) is 9.94. The van der Waals surface area contributed by atoms with Gasteiger partial charge in [-0.15, -0.1) is 5.10 Å². The first-order chi connectivity index (χ1) is 15.2. The molecule has 0 saturated heterocycles. The van der Waals surface area contributed by atoms with E-state index in [1.54, 1.807) is 41.0 Å². The molecule has 1 amide bonds. The minimum Gasteiger partial charge on any atom is -0.383 e. The second-order valence-electron chi connectivity index (χ2n) is 7.83. The van der Waals surface area contributed by atoms with Crippen molar-refractivity contribution in [2.75, 3.05) is 5.73 Å². The van der Waals surface area contributed by atoms with E-state index in [0.29, 0.717) is 28.0 Å². The molecule has 1 aliphatic carbocycles. The molecule has 1 fully saturated rings. The summed E-state index contributed by atoms with van der Waals surface area (Å²) in [6.45, 7) is 0.0772. The standard InChI is InChI=1S/C21H18F3N7O/c1-30-18-14-8-11(2-6-16(14)27-19(25)15(18)9-26-30)20(32)31(13-4-5-13)10-12-3-7-17(29-28-12)21(22,23)24/h2-3,6-9,13H,4-5,10H2,1H3,(H2,25,27). The lowest BCUT2D eigenvalue weighted by molar-refractivity contribution is -0.141. The van der Waals surface area contributed by atoms with Crippen LogP contribution < -0.4 is 5.73 Å². The van der Waals surface area contributed by atoms with Gasteiger partial charge in [0.25, 0.3) is 5.91 Å². The third-order valence-electron chi connectivity index (χ3n) is 5.55. The molecule has 4 aromatic rings. The van der Waals surface area contributed by atoms with Gasteiger partial charge in [0.2, 0.25) is 0 Å². The number of rotatable bonds is 4. The van der Waals surface area contributed by atoms with Gasteiger partial charge in [0.1, 0.15) is 5.82 Å². The number of anilines is 1. The molecule has 0 atom stereocenters. The van der Waals surface area contributed by atoms with E-state index in [-0.39, 0.29) is 18.5 Å². The molecule has 8 nitrogen and oxygen atoms in total. The van der Waals surface area contributed by atoms with Crippen molar-refractivity contribution in [3.8, 4) is 0 Å². The molecule has 11 heteroatoms. The van der Waals surface area contributed by atoms with E-state index in [1.807, 2.05) is 0 Å². The van der Waals surface area contributed by atoms with Crippen LogP contribution in [0.2, 0.25) is 0 Å². The highest BCUT2D eigenvalue weighted by Gasteiger charge is 2.35. The van der Waals surface area contributed by atoms with Crippen LogP contribution >= 0.6 is 0 Å². The maximum Gasteiger partial charge on any atom is 0.435 e. The third kappa shape index (κ3) is 3.49. The molecule has 0 unspecified atom stereocenters. The van der Waals surface area contributed by atoms with Crippen LogP contribution in [-0.4, -0.2) is 41.8 Å². The van der Waals surface area contributed by atoms with Gasteiger partial charge < -0.3 is 10.6 Å². The van der Waals surface area contributed by atoms with Crippen molar-refractivity contribution in [1.82, 2.24) is 29.9 Å². The largest absolute Gasteiger partial charge is 0.435 e. The highest BCUT2D eigenvalue weighted by Crippen LogP contribution is 2.32. The Morgan fingerprint density at radius 1 is 1.19 bits per heavy atom. The number of nitrogens with zero attached hydrogens (tertiary/aromatic N) is 6. The van der Waals surface area contributed by atoms with Gasteiger partial charge in [0, 0.05) is 24.0 Å². The minimum absolute atomic E-state index is 0.0172. The van der Waals surface area contributed by atoms with E-state index < -0.39 is 11.9 Å². The van der Waals surface area contributed by atoms with Gasteiger partial charge in [-0.2, -0.15) is 23.4 Å². The van der Waals surface area contributed by atoms with Crippen LogP contribution in [0.15, 0.2) is 36.5 Å². The van der Waals surface area contributed by atoms with Gasteiger partial charge in [-0.05, 0) is 43.2 Å². The molecular weight excluding hydrogens is 423 g/mol. The first kappa shape index (κ1) is 20.2. The Hall–Kier alpha value is -3.76. The van der Waals surface area contributed by atoms with Crippen LogP contribution in [0.5, 0.6) is 0 Å². The number of carbonyl (C=O) groups is 1. The Morgan fingerprint density at radius 3 is 2.62 bits per heavy atom. The third-order valence-corrected chi connectivity index (χ3v) is 5.55. The predicted molar refractivity (Wildman–Crippen MR) is 110 cm³/mol. The molecule has 0 radical (unpaired) electrons. The molecular formula is C21H18F3N7O. The van der Waals surface area contributed by atoms with Crippen molar-refractivity contribution >= 4 is 33.5 Å². The summed E-state index contributed by atoms with van der Waals surface area (Å²) in [7, 11) is 1.79. The lowest BCUT2D eigenvalue weighted by atomic mass is 10.1. The maximum absolute atomic E-state index is 13.4. The number of nitrogen functional groups attached to an aromatic ring is 1. The second kappa shape index (κ2) is 7.14. The Morgan fingerprint density at radius 2 is 1.97 bits per heavy atom. The summed E-state index contributed by atoms with van der Waals surface area (Å²) in [4.78, 5) is 19.4. The summed E-state index contributed by atoms with van der Waals surface area (Å²) in [5.74, 6) is 0.128. The Balaban J connectivity index is 1.49. The van der Waals surface area contributed by atoms with Gasteiger partial charge in [0.15, 0.2) is 5.69 Å². The minimum atomic E-state index is -4.56. The zero-order valence-electron chi connectivity index (χ0n) is 17.0. The van der Waals surface area contributed by atoms with Gasteiger partial charge in [0.05, 0.1) is 34.9 Å². The Bertz CT molecular complexity index is 1340. The van der Waals surface area contributed by atoms with Crippen molar-refractivity contribution < 1.29 is 18.0 Å². The number of hydrogen-bond donors (Lipinski definition) is 1. The predicted octanol–water partition coefficient (Wildman–Crippen LogP) is 3.32. The molecule has 0 aliphatic heterocycles. The number of carbonyl (C=O) groups excluding carboxylic acids is 1. The van der Waals surface area contributed by atoms with Gasteiger partial charge in [-0.25, -0.2) is 4.98 Å². The smallest absolute Gasteiger partial charge is 0.383 e. The molecule has 1 aliphatic rings. The van der Waals surface area contributed by atoms with Crippen LogP contribution in [0.25, 0.3) is 21.8 Å². The van der Waals surface area contributed by atoms with Crippen LogP contribution in [0.1, 0.15) is 34.6 Å². The summed E-state index contributed by atoms with van der Waals surface area (Å²) in [5, 5.41) is 12.6. The lowest BCUT2D eigenvalue weighted by Crippen LogP contribution is -2.33. The topological polar surface area (TPSA) is 103 Å². The fourth-order valence-electron chi connectivity index (χ4n) is 3.78. The van der Waals surface area contributed by atoms with E-state index in [2.05, 4.69) is 20.3 Å². The van der Waals surface area contributed by atoms with Crippen LogP contribution in [-0.2, 0) is 19.8 Å². The van der Waals surface area contributed by atoms with Crippen molar-refractivity contribution in [2.24, 2.45) is 7.05 Å². The maximum atomic E-state index is 13.4. The second-order valence-corrected chi connectivity index (χ2v) is 7.83. The van der Waals surface area contributed by atoms with E-state index in [4.69, 9.17) is 5.73 Å². The average molecular weight is 441 g/mol. The molecule has 0 spiro atoms. The zero-order chi connectivity index (χ0) is 22.6. The van der Waals surface area contributed by atoms with Gasteiger partial charge in [-0.1, -0.05) is 0 Å². The highest BCUT2D eigenvalue weighted by atomic mass is 19.4. The number of aromatic nitrogens is 5. The molecule has 32 heavy (non-hydrogen) atoms. The monoisotopic (exact) mass is 441 g/mol. The number of hydrogen-bond acceptors (Lipinski definition) is 6. The number of alkyl halides is 3. The molecule has 3 heterocycles. The summed E-state index contributed by atoms with van der Waals surface area (Å²) >= 11 is 0. The zero-order valence-corrected chi connectivity index (χ0v) is 17.0. The average Bonchev–Trinajstić information content (AvgIpc) is 3.52. The SMILES string of the molecule is Cn1ncc2c(N)nc3ccc(C(=O)N(Cc4ccc(C(F)(F)F)nn4)C4CC4)cc3c21. The molecule has 2 N–H and O–H groups in total. The quantitative estimate of drug-likeness (QED) is 0.521. The number of halogens is 3. The summed E-state index contributed by atoms with van der Waals surface area (Å²) in [6.07, 6.45) is -1.27. The molecule has 1 saturated carbocycles. The van der Waals surface area contributed by atoms with E-state index in [9.17, 15) is 18.0 Å². The molecule has 164 valence electrons. The van der Waals surface area contributed by atoms with Crippen molar-refractivity contribution in [3.63, 3.8) is 0 Å². The van der Waals surface area contributed by atoms with Crippen LogP contribution in [0.3, 0.4) is 0 Å². The van der Waals surface area contributed by atoms with Crippen molar-refractivity contribution in [3.05, 3.63) is 53.5 Å². The number of fused-ring (bicyclic) bond motifs is 3. The molecule has 5 rings (SSSR count). The number of nitrogens with two attached hydrogens (primary N) is 1. The van der Waals surface area contributed by atoms with Gasteiger partial charge in [-0.3, -0.25) is 9.48 Å². The normalized spacial score (nSPS) is 14.2. The summed E-state index contributed by atoms with van der Waals surface area (Å²) < 4.78 is 39.9. The fraction of sp³-hybridized carbons (Fsp3) is 0.286. The van der Waals surface area contributed by atoms with Crippen LogP contribution in [0, 0.1) is 0 Å². The van der Waals surface area contributed by atoms with Gasteiger partial charge >= 0.3 is 6.18 Å². The number of pyridine rings is 1. The van der Waals surface area contributed by atoms with E-state index in [0.717, 1.165) is 29.8 Å². The molecule has 0 bridgehead atoms. The van der Waals surface area contributed by atoms with Crippen molar-refractivity contribution in [1.29, 1.82) is 0 Å². The van der Waals surface area contributed by atoms with Crippen LogP contribution in [0.4, 0.5) is 19.0 Å². The first-order valence-electron chi connectivity index (χ1n) is 9.94. The summed E-state index contributed by atoms with van der Waals surface area (Å²) in [5.41, 5.74) is 7.12. The number of benzene rings is 1. The van der Waals surface area contributed by atoms with E-state index in [1.165, 1.54) is 6.07 Å². The fourth-order valence-corrected chi connectivity index (χ4v) is 3.78. The highest BCUT2D eigenvalue weighted by molar-refractivity contribution is 6.10. The summed E-state index contributed by atoms with van der Waals surface area (Å²) in [6, 6.07) is 7.31. The Kier molecular flexibility index (Phi) is 4.50.